The summed E-state index contributed by atoms with van der Waals surface area (Å²) in [5.74, 6) is 0.626. The number of guanidine groups is 1. The largest absolute Gasteiger partial charge is 0.357 e. The van der Waals surface area contributed by atoms with Gasteiger partial charge >= 0.3 is 0 Å². The molecule has 0 saturated carbocycles. The molecular formula is C19H31ClIN5O. The van der Waals surface area contributed by atoms with Crippen molar-refractivity contribution in [2.75, 3.05) is 45.8 Å². The fourth-order valence-corrected chi connectivity index (χ4v) is 3.15. The van der Waals surface area contributed by atoms with Gasteiger partial charge in [0, 0.05) is 26.2 Å². The minimum absolute atomic E-state index is 0. The van der Waals surface area contributed by atoms with Crippen molar-refractivity contribution in [2.45, 2.75) is 26.2 Å². The highest BCUT2D eigenvalue weighted by atomic mass is 127. The lowest BCUT2D eigenvalue weighted by molar-refractivity contribution is 0.0954. The van der Waals surface area contributed by atoms with Crippen molar-refractivity contribution in [3.05, 3.63) is 34.9 Å². The summed E-state index contributed by atoms with van der Waals surface area (Å²) in [7, 11) is 0. The lowest BCUT2D eigenvalue weighted by Crippen LogP contribution is -2.42. The molecule has 1 aromatic carbocycles. The summed E-state index contributed by atoms with van der Waals surface area (Å²) < 4.78 is 0. The van der Waals surface area contributed by atoms with Crippen molar-refractivity contribution in [1.82, 2.24) is 20.9 Å². The number of nitrogens with zero attached hydrogens (tertiary/aromatic N) is 2. The van der Waals surface area contributed by atoms with E-state index >= 15 is 0 Å². The predicted molar refractivity (Wildman–Crippen MR) is 123 cm³/mol. The second-order valence-corrected chi connectivity index (χ2v) is 6.73. The molecule has 0 spiro atoms. The van der Waals surface area contributed by atoms with E-state index in [1.165, 1.54) is 32.4 Å². The number of carbonyl (C=O) groups excluding carboxylic acids is 1. The Kier molecular flexibility index (Phi) is 12.4. The molecular weight excluding hydrogens is 477 g/mol. The fourth-order valence-electron chi connectivity index (χ4n) is 2.93. The molecule has 0 aromatic heterocycles. The van der Waals surface area contributed by atoms with E-state index in [0.29, 0.717) is 23.7 Å². The Morgan fingerprint density at radius 3 is 2.52 bits per heavy atom. The molecule has 152 valence electrons. The van der Waals surface area contributed by atoms with E-state index in [9.17, 15) is 4.79 Å². The van der Waals surface area contributed by atoms with Gasteiger partial charge in [0.15, 0.2) is 5.96 Å². The topological polar surface area (TPSA) is 68.8 Å². The van der Waals surface area contributed by atoms with Gasteiger partial charge in [0.05, 0.1) is 17.1 Å². The normalized spacial score (nSPS) is 15.0. The average molecular weight is 508 g/mol. The fraction of sp³-hybridized carbons (Fsp3) is 0.579. The Hall–Kier alpha value is -1.06. The van der Waals surface area contributed by atoms with Crippen LogP contribution in [0, 0.1) is 0 Å². The van der Waals surface area contributed by atoms with Crippen molar-refractivity contribution in [3.63, 3.8) is 0 Å². The molecule has 0 bridgehead atoms. The quantitative estimate of drug-likeness (QED) is 0.219. The van der Waals surface area contributed by atoms with Gasteiger partial charge < -0.3 is 20.9 Å². The number of hydrogen-bond donors (Lipinski definition) is 3. The minimum atomic E-state index is -0.163. The van der Waals surface area contributed by atoms with E-state index < -0.39 is 0 Å². The number of benzene rings is 1. The van der Waals surface area contributed by atoms with Crippen molar-refractivity contribution >= 4 is 47.4 Å². The summed E-state index contributed by atoms with van der Waals surface area (Å²) in [4.78, 5) is 19.2. The number of hydrogen-bond acceptors (Lipinski definition) is 3. The van der Waals surface area contributed by atoms with Crippen LogP contribution in [-0.2, 0) is 0 Å². The maximum atomic E-state index is 12.1. The summed E-state index contributed by atoms with van der Waals surface area (Å²) in [6.45, 7) is 8.11. The van der Waals surface area contributed by atoms with Crippen LogP contribution in [0.4, 0.5) is 0 Å². The molecule has 6 nitrogen and oxygen atoms in total. The zero-order chi connectivity index (χ0) is 18.6. The first-order valence-electron chi connectivity index (χ1n) is 9.48. The third kappa shape index (κ3) is 9.12. The molecule has 0 aliphatic carbocycles. The Bertz CT molecular complexity index is 593. The second kappa shape index (κ2) is 14.0. The lowest BCUT2D eigenvalue weighted by atomic mass is 10.1. The Labute approximate surface area is 184 Å². The SMILES string of the molecule is CCNC(=NCCN1CCCCC1)NCCNC(=O)c1ccccc1Cl.I. The maximum Gasteiger partial charge on any atom is 0.252 e. The maximum absolute atomic E-state index is 12.1. The van der Waals surface area contributed by atoms with Crippen LogP contribution >= 0.6 is 35.6 Å². The van der Waals surface area contributed by atoms with Crippen LogP contribution in [0.15, 0.2) is 29.3 Å². The summed E-state index contributed by atoms with van der Waals surface area (Å²) in [5, 5.41) is 9.82. The Morgan fingerprint density at radius 2 is 1.81 bits per heavy atom. The van der Waals surface area contributed by atoms with E-state index in [1.807, 2.05) is 13.0 Å². The highest BCUT2D eigenvalue weighted by Crippen LogP contribution is 2.14. The minimum Gasteiger partial charge on any atom is -0.357 e. The highest BCUT2D eigenvalue weighted by molar-refractivity contribution is 14.0. The molecule has 3 N–H and O–H groups in total. The number of carbonyl (C=O) groups is 1. The summed E-state index contributed by atoms with van der Waals surface area (Å²) >= 11 is 6.04. The molecule has 0 radical (unpaired) electrons. The highest BCUT2D eigenvalue weighted by Gasteiger charge is 2.10. The van der Waals surface area contributed by atoms with Crippen molar-refractivity contribution in [2.24, 2.45) is 4.99 Å². The van der Waals surface area contributed by atoms with Gasteiger partial charge in [0.2, 0.25) is 0 Å². The molecule has 1 aliphatic heterocycles. The summed E-state index contributed by atoms with van der Waals surface area (Å²) in [5.41, 5.74) is 0.497. The first-order valence-corrected chi connectivity index (χ1v) is 9.85. The zero-order valence-corrected chi connectivity index (χ0v) is 19.1. The molecule has 27 heavy (non-hydrogen) atoms. The van der Waals surface area contributed by atoms with Gasteiger partial charge in [-0.25, -0.2) is 0 Å². The van der Waals surface area contributed by atoms with Crippen molar-refractivity contribution in [1.29, 1.82) is 0 Å². The standard InChI is InChI=1S/C19H30ClN5O.HI/c1-2-21-19(24-12-15-25-13-6-3-7-14-25)23-11-10-22-18(26)16-8-4-5-9-17(16)20;/h4-5,8-9H,2-3,6-7,10-15H2,1H3,(H,22,26)(H2,21,23,24);1H. The number of amides is 1. The van der Waals surface area contributed by atoms with Crippen LogP contribution in [-0.4, -0.2) is 62.6 Å². The second-order valence-electron chi connectivity index (χ2n) is 6.33. The molecule has 8 heteroatoms. The molecule has 1 aliphatic rings. The Morgan fingerprint density at radius 1 is 1.11 bits per heavy atom. The van der Waals surface area contributed by atoms with Gasteiger partial charge in [0.25, 0.3) is 5.91 Å². The van der Waals surface area contributed by atoms with E-state index in [4.69, 9.17) is 11.6 Å². The molecule has 1 amide bonds. The van der Waals surface area contributed by atoms with Gasteiger partial charge in [-0.2, -0.15) is 0 Å². The smallest absolute Gasteiger partial charge is 0.252 e. The van der Waals surface area contributed by atoms with Crippen LogP contribution in [0.25, 0.3) is 0 Å². The number of aliphatic imine (C=N–C) groups is 1. The number of halogens is 2. The van der Waals surface area contributed by atoms with Gasteiger partial charge in [-0.05, 0) is 45.0 Å². The predicted octanol–water partition coefficient (Wildman–Crippen LogP) is 2.73. The van der Waals surface area contributed by atoms with Gasteiger partial charge in [0.1, 0.15) is 0 Å². The van der Waals surface area contributed by atoms with E-state index in [-0.39, 0.29) is 29.9 Å². The number of likely N-dealkylation sites (tertiary alicyclic amines) is 1. The molecule has 1 heterocycles. The first kappa shape index (κ1) is 24.0. The van der Waals surface area contributed by atoms with E-state index in [0.717, 1.165) is 25.6 Å². The molecule has 1 saturated heterocycles. The molecule has 0 unspecified atom stereocenters. The number of nitrogens with one attached hydrogen (secondary N) is 3. The van der Waals surface area contributed by atoms with Gasteiger partial charge in [-0.1, -0.05) is 30.2 Å². The summed E-state index contributed by atoms with van der Waals surface area (Å²) in [6.07, 6.45) is 3.95. The van der Waals surface area contributed by atoms with Crippen LogP contribution in [0.1, 0.15) is 36.5 Å². The monoisotopic (exact) mass is 507 g/mol. The number of piperidine rings is 1. The summed E-state index contributed by atoms with van der Waals surface area (Å²) in [6, 6.07) is 7.05. The van der Waals surface area contributed by atoms with Crippen molar-refractivity contribution < 1.29 is 4.79 Å². The molecule has 0 atom stereocenters. The molecule has 2 rings (SSSR count). The van der Waals surface area contributed by atoms with Crippen LogP contribution in [0.2, 0.25) is 5.02 Å². The van der Waals surface area contributed by atoms with Crippen LogP contribution in [0.3, 0.4) is 0 Å². The number of rotatable bonds is 8. The lowest BCUT2D eigenvalue weighted by Gasteiger charge is -2.25. The van der Waals surface area contributed by atoms with Crippen molar-refractivity contribution in [3.8, 4) is 0 Å². The third-order valence-electron chi connectivity index (χ3n) is 4.30. The molecule has 1 aromatic rings. The zero-order valence-electron chi connectivity index (χ0n) is 16.0. The first-order chi connectivity index (χ1) is 12.7. The van der Waals surface area contributed by atoms with Gasteiger partial charge in [-0.15, -0.1) is 24.0 Å². The van der Waals surface area contributed by atoms with E-state index in [2.05, 4.69) is 25.8 Å². The Balaban J connectivity index is 0.00000364. The van der Waals surface area contributed by atoms with E-state index in [1.54, 1.807) is 18.2 Å². The molecule has 1 fully saturated rings. The van der Waals surface area contributed by atoms with Crippen LogP contribution in [0.5, 0.6) is 0 Å². The van der Waals surface area contributed by atoms with Crippen LogP contribution < -0.4 is 16.0 Å². The van der Waals surface area contributed by atoms with Gasteiger partial charge in [-0.3, -0.25) is 9.79 Å². The third-order valence-corrected chi connectivity index (χ3v) is 4.63. The average Bonchev–Trinajstić information content (AvgIpc) is 2.66.